The van der Waals surface area contributed by atoms with Gasteiger partial charge in [-0.25, -0.2) is 0 Å². The van der Waals surface area contributed by atoms with E-state index >= 15 is 0 Å². The van der Waals surface area contributed by atoms with Crippen molar-refractivity contribution in [3.8, 4) is 11.5 Å². The average Bonchev–Trinajstić information content (AvgIpc) is 2.35. The minimum absolute atomic E-state index is 0.0960. The molecular formula is C13H11BrN2O3. The zero-order valence-corrected chi connectivity index (χ0v) is 12.0. The molecule has 1 aromatic heterocycles. The van der Waals surface area contributed by atoms with Crippen molar-refractivity contribution in [1.29, 1.82) is 0 Å². The topological polar surface area (TPSA) is 65.3 Å². The van der Waals surface area contributed by atoms with Crippen molar-refractivity contribution in [3.63, 3.8) is 0 Å². The maximum atomic E-state index is 10.8. The van der Waals surface area contributed by atoms with Gasteiger partial charge in [0.2, 0.25) is 0 Å². The van der Waals surface area contributed by atoms with Crippen molar-refractivity contribution in [2.24, 2.45) is 0 Å². The molecule has 6 heteroatoms. The maximum absolute atomic E-state index is 10.8. The van der Waals surface area contributed by atoms with E-state index in [9.17, 15) is 10.1 Å². The highest BCUT2D eigenvalue weighted by Gasteiger charge is 2.15. The summed E-state index contributed by atoms with van der Waals surface area (Å²) in [6.45, 7) is 3.46. The summed E-state index contributed by atoms with van der Waals surface area (Å²) in [5.41, 5.74) is 1.37. The first-order chi connectivity index (χ1) is 8.99. The number of hydrogen-bond donors (Lipinski definition) is 0. The van der Waals surface area contributed by atoms with Gasteiger partial charge in [0.1, 0.15) is 11.5 Å². The van der Waals surface area contributed by atoms with Crippen LogP contribution < -0.4 is 4.74 Å². The Morgan fingerprint density at radius 1 is 1.26 bits per heavy atom. The Hall–Kier alpha value is -1.95. The molecule has 0 aliphatic carbocycles. The number of pyridine rings is 1. The Morgan fingerprint density at radius 2 is 2.00 bits per heavy atom. The zero-order chi connectivity index (χ0) is 14.0. The fourth-order valence-electron chi connectivity index (χ4n) is 1.64. The third kappa shape index (κ3) is 2.90. The Balaban J connectivity index is 2.39. The van der Waals surface area contributed by atoms with Gasteiger partial charge in [-0.3, -0.25) is 15.1 Å². The van der Waals surface area contributed by atoms with E-state index in [1.807, 2.05) is 0 Å². The molecule has 0 bridgehead atoms. The standard InChI is InChI=1S/C13H11BrN2O3/c1-8-6-13(9(2)5-11(8)16(17)18)19-12-3-4-15-7-10(12)14/h3-7H,1-2H3. The first-order valence-corrected chi connectivity index (χ1v) is 6.31. The van der Waals surface area contributed by atoms with E-state index < -0.39 is 4.92 Å². The van der Waals surface area contributed by atoms with E-state index in [1.54, 1.807) is 38.4 Å². The second-order valence-corrected chi connectivity index (χ2v) is 4.92. The largest absolute Gasteiger partial charge is 0.456 e. The second kappa shape index (κ2) is 5.36. The Labute approximate surface area is 118 Å². The van der Waals surface area contributed by atoms with E-state index in [2.05, 4.69) is 20.9 Å². The maximum Gasteiger partial charge on any atom is 0.272 e. The van der Waals surface area contributed by atoms with Crippen LogP contribution in [0.3, 0.4) is 0 Å². The Bertz CT molecular complexity index is 644. The van der Waals surface area contributed by atoms with Crippen LogP contribution in [-0.4, -0.2) is 9.91 Å². The van der Waals surface area contributed by atoms with Gasteiger partial charge < -0.3 is 4.74 Å². The monoisotopic (exact) mass is 322 g/mol. The number of hydrogen-bond acceptors (Lipinski definition) is 4. The van der Waals surface area contributed by atoms with Crippen LogP contribution in [-0.2, 0) is 0 Å². The molecule has 5 nitrogen and oxygen atoms in total. The number of nitro groups is 1. The highest BCUT2D eigenvalue weighted by molar-refractivity contribution is 9.10. The first-order valence-electron chi connectivity index (χ1n) is 5.52. The van der Waals surface area contributed by atoms with Crippen molar-refractivity contribution in [2.45, 2.75) is 13.8 Å². The van der Waals surface area contributed by atoms with Crippen molar-refractivity contribution in [3.05, 3.63) is 56.3 Å². The predicted octanol–water partition coefficient (Wildman–Crippen LogP) is 4.16. The van der Waals surface area contributed by atoms with Gasteiger partial charge in [-0.05, 0) is 41.4 Å². The van der Waals surface area contributed by atoms with Crippen LogP contribution in [0.15, 0.2) is 35.1 Å². The van der Waals surface area contributed by atoms with Gasteiger partial charge >= 0.3 is 0 Å². The van der Waals surface area contributed by atoms with Crippen molar-refractivity contribution >= 4 is 21.6 Å². The minimum atomic E-state index is -0.394. The lowest BCUT2D eigenvalue weighted by Gasteiger charge is -2.10. The molecule has 1 heterocycles. The second-order valence-electron chi connectivity index (χ2n) is 4.07. The van der Waals surface area contributed by atoms with Crippen LogP contribution in [0.25, 0.3) is 0 Å². The number of ether oxygens (including phenoxy) is 1. The molecule has 1 aromatic carbocycles. The predicted molar refractivity (Wildman–Crippen MR) is 74.6 cm³/mol. The number of aromatic nitrogens is 1. The van der Waals surface area contributed by atoms with Gasteiger partial charge in [-0.1, -0.05) is 0 Å². The van der Waals surface area contributed by atoms with Crippen LogP contribution in [0.1, 0.15) is 11.1 Å². The number of halogens is 1. The van der Waals surface area contributed by atoms with Crippen LogP contribution in [0, 0.1) is 24.0 Å². The third-order valence-corrected chi connectivity index (χ3v) is 3.24. The molecule has 0 saturated carbocycles. The Morgan fingerprint density at radius 3 is 2.63 bits per heavy atom. The molecule has 0 N–H and O–H groups in total. The van der Waals surface area contributed by atoms with Gasteiger partial charge in [0.25, 0.3) is 5.69 Å². The quantitative estimate of drug-likeness (QED) is 0.628. The van der Waals surface area contributed by atoms with Crippen LogP contribution in [0.4, 0.5) is 5.69 Å². The SMILES string of the molecule is Cc1cc([N+](=O)[O-])c(C)cc1Oc1ccncc1Br. The van der Waals surface area contributed by atoms with E-state index in [0.717, 1.165) is 4.47 Å². The molecule has 2 aromatic rings. The van der Waals surface area contributed by atoms with Crippen molar-refractivity contribution in [1.82, 2.24) is 4.98 Å². The molecule has 0 aliphatic rings. The molecular weight excluding hydrogens is 312 g/mol. The summed E-state index contributed by atoms with van der Waals surface area (Å²) in [6, 6.07) is 4.90. The van der Waals surface area contributed by atoms with Crippen molar-refractivity contribution in [2.75, 3.05) is 0 Å². The van der Waals surface area contributed by atoms with Gasteiger partial charge in [-0.15, -0.1) is 0 Å². The van der Waals surface area contributed by atoms with Gasteiger partial charge in [0, 0.05) is 30.1 Å². The van der Waals surface area contributed by atoms with Gasteiger partial charge in [0.15, 0.2) is 0 Å². The molecule has 0 radical (unpaired) electrons. The van der Waals surface area contributed by atoms with Crippen LogP contribution >= 0.6 is 15.9 Å². The fraction of sp³-hybridized carbons (Fsp3) is 0.154. The molecule has 19 heavy (non-hydrogen) atoms. The molecule has 0 spiro atoms. The number of aryl methyl sites for hydroxylation is 2. The summed E-state index contributed by atoms with van der Waals surface area (Å²) in [7, 11) is 0. The third-order valence-electron chi connectivity index (χ3n) is 2.65. The summed E-state index contributed by atoms with van der Waals surface area (Å²) < 4.78 is 6.47. The minimum Gasteiger partial charge on any atom is -0.456 e. The fourth-order valence-corrected chi connectivity index (χ4v) is 1.98. The molecule has 0 unspecified atom stereocenters. The zero-order valence-electron chi connectivity index (χ0n) is 10.4. The number of rotatable bonds is 3. The number of nitro benzene ring substituents is 1. The normalized spacial score (nSPS) is 10.3. The smallest absolute Gasteiger partial charge is 0.272 e. The summed E-state index contributed by atoms with van der Waals surface area (Å²) in [6.07, 6.45) is 3.25. The number of nitrogens with zero attached hydrogens (tertiary/aromatic N) is 2. The summed E-state index contributed by atoms with van der Waals surface area (Å²) >= 11 is 3.34. The molecule has 98 valence electrons. The van der Waals surface area contributed by atoms with E-state index in [-0.39, 0.29) is 5.69 Å². The lowest BCUT2D eigenvalue weighted by Crippen LogP contribution is -1.95. The highest BCUT2D eigenvalue weighted by Crippen LogP contribution is 2.33. The molecule has 0 atom stereocenters. The molecule has 0 aliphatic heterocycles. The van der Waals surface area contributed by atoms with E-state index in [0.29, 0.717) is 22.6 Å². The molecule has 0 saturated heterocycles. The highest BCUT2D eigenvalue weighted by atomic mass is 79.9. The molecule has 0 fully saturated rings. The van der Waals surface area contributed by atoms with Crippen LogP contribution in [0.2, 0.25) is 0 Å². The Kier molecular flexibility index (Phi) is 3.80. The molecule has 2 rings (SSSR count). The summed E-state index contributed by atoms with van der Waals surface area (Å²) in [5, 5.41) is 10.8. The van der Waals surface area contributed by atoms with Crippen molar-refractivity contribution < 1.29 is 9.66 Å². The number of benzene rings is 1. The summed E-state index contributed by atoms with van der Waals surface area (Å²) in [5.74, 6) is 1.21. The van der Waals surface area contributed by atoms with Gasteiger partial charge in [-0.2, -0.15) is 0 Å². The van der Waals surface area contributed by atoms with E-state index in [1.165, 1.54) is 6.07 Å². The molecule has 0 amide bonds. The van der Waals surface area contributed by atoms with E-state index in [4.69, 9.17) is 4.74 Å². The summed E-state index contributed by atoms with van der Waals surface area (Å²) in [4.78, 5) is 14.4. The lowest BCUT2D eigenvalue weighted by molar-refractivity contribution is -0.385. The average molecular weight is 323 g/mol. The van der Waals surface area contributed by atoms with Gasteiger partial charge in [0.05, 0.1) is 9.40 Å². The first kappa shape index (κ1) is 13.5. The lowest BCUT2D eigenvalue weighted by atomic mass is 10.1. The van der Waals surface area contributed by atoms with Crippen LogP contribution in [0.5, 0.6) is 11.5 Å².